The molecule has 0 aliphatic rings. The van der Waals surface area contributed by atoms with E-state index >= 15 is 0 Å². The molecule has 0 amide bonds. The number of nitrogens with two attached hydrogens (primary N) is 1. The van der Waals surface area contributed by atoms with E-state index in [4.69, 9.17) is 24.3 Å². The molecule has 0 aromatic heterocycles. The first-order valence-corrected chi connectivity index (χ1v) is 23.6. The summed E-state index contributed by atoms with van der Waals surface area (Å²) in [5, 5.41) is 0. The molecule has 0 radical (unpaired) electrons. The Kier molecular flexibility index (Phi) is 40.7. The SMILES string of the molecule is CCCCC/C=C/C/C=C/C/C=C/C/C=C/CCCCCC(=O)OC[C@H](COP(=O)(O)OCCN)OC(=O)CCCCCC/C=C/C/C=C/C/C=C/CCCCC. The minimum atomic E-state index is -4.40. The van der Waals surface area contributed by atoms with Gasteiger partial charge in [-0.15, -0.1) is 0 Å². The Labute approximate surface area is 347 Å². The zero-order valence-corrected chi connectivity index (χ0v) is 36.7. The molecular formula is C47H80NO8P. The second kappa shape index (κ2) is 42.8. The molecule has 326 valence electrons. The second-order valence-corrected chi connectivity index (χ2v) is 15.7. The topological polar surface area (TPSA) is 134 Å². The molecule has 1 unspecified atom stereocenters. The van der Waals surface area contributed by atoms with Crippen molar-refractivity contribution in [2.45, 2.75) is 174 Å². The molecular weight excluding hydrogens is 737 g/mol. The lowest BCUT2D eigenvalue weighted by Gasteiger charge is -2.19. The van der Waals surface area contributed by atoms with Gasteiger partial charge in [0, 0.05) is 19.4 Å². The Bertz CT molecular complexity index is 1210. The lowest BCUT2D eigenvalue weighted by Crippen LogP contribution is -2.29. The van der Waals surface area contributed by atoms with Crippen LogP contribution in [0.1, 0.15) is 168 Å². The summed E-state index contributed by atoms with van der Waals surface area (Å²) >= 11 is 0. The third-order valence-corrected chi connectivity index (χ3v) is 9.74. The summed E-state index contributed by atoms with van der Waals surface area (Å²) in [4.78, 5) is 34.9. The van der Waals surface area contributed by atoms with Crippen molar-refractivity contribution in [1.29, 1.82) is 0 Å². The van der Waals surface area contributed by atoms with Crippen molar-refractivity contribution in [3.63, 3.8) is 0 Å². The molecule has 9 nitrogen and oxygen atoms in total. The minimum absolute atomic E-state index is 0.0402. The summed E-state index contributed by atoms with van der Waals surface area (Å²) in [6, 6.07) is 0. The summed E-state index contributed by atoms with van der Waals surface area (Å²) < 4.78 is 32.7. The first-order chi connectivity index (χ1) is 27.8. The van der Waals surface area contributed by atoms with Gasteiger partial charge in [-0.3, -0.25) is 18.6 Å². The third-order valence-electron chi connectivity index (χ3n) is 8.75. The van der Waals surface area contributed by atoms with Crippen LogP contribution < -0.4 is 5.73 Å². The fourth-order valence-corrected chi connectivity index (χ4v) is 6.21. The van der Waals surface area contributed by atoms with E-state index in [-0.39, 0.29) is 32.6 Å². The van der Waals surface area contributed by atoms with Crippen molar-refractivity contribution >= 4 is 19.8 Å². The number of esters is 2. The highest BCUT2D eigenvalue weighted by atomic mass is 31.2. The number of carbonyl (C=O) groups is 2. The molecule has 0 aromatic carbocycles. The molecule has 0 fully saturated rings. The quantitative estimate of drug-likeness (QED) is 0.0268. The van der Waals surface area contributed by atoms with Crippen LogP contribution in [0.3, 0.4) is 0 Å². The van der Waals surface area contributed by atoms with Gasteiger partial charge in [0.05, 0.1) is 13.2 Å². The van der Waals surface area contributed by atoms with Crippen LogP contribution in [0.5, 0.6) is 0 Å². The van der Waals surface area contributed by atoms with Gasteiger partial charge in [0.2, 0.25) is 0 Å². The number of hydrogen-bond donors (Lipinski definition) is 2. The van der Waals surface area contributed by atoms with E-state index in [0.717, 1.165) is 77.0 Å². The Morgan fingerprint density at radius 3 is 1.35 bits per heavy atom. The van der Waals surface area contributed by atoms with Crippen LogP contribution in [0.15, 0.2) is 85.1 Å². The van der Waals surface area contributed by atoms with E-state index < -0.39 is 32.5 Å². The van der Waals surface area contributed by atoms with Gasteiger partial charge in [0.1, 0.15) is 6.61 Å². The van der Waals surface area contributed by atoms with Crippen LogP contribution in [0.2, 0.25) is 0 Å². The van der Waals surface area contributed by atoms with Crippen molar-refractivity contribution in [3.8, 4) is 0 Å². The van der Waals surface area contributed by atoms with Crippen LogP contribution in [-0.4, -0.2) is 49.3 Å². The van der Waals surface area contributed by atoms with Gasteiger partial charge < -0.3 is 20.1 Å². The number of carbonyl (C=O) groups excluding carboxylic acids is 2. The van der Waals surface area contributed by atoms with Gasteiger partial charge in [-0.2, -0.15) is 0 Å². The molecule has 0 spiro atoms. The highest BCUT2D eigenvalue weighted by molar-refractivity contribution is 7.47. The average molecular weight is 818 g/mol. The molecule has 2 atom stereocenters. The molecule has 0 saturated carbocycles. The van der Waals surface area contributed by atoms with Crippen LogP contribution in [0.25, 0.3) is 0 Å². The maximum absolute atomic E-state index is 12.6. The van der Waals surface area contributed by atoms with Crippen molar-refractivity contribution in [3.05, 3.63) is 85.1 Å². The van der Waals surface area contributed by atoms with Gasteiger partial charge in [-0.1, -0.05) is 144 Å². The maximum atomic E-state index is 12.6. The van der Waals surface area contributed by atoms with E-state index in [1.807, 2.05) is 0 Å². The van der Waals surface area contributed by atoms with Crippen LogP contribution >= 0.6 is 7.82 Å². The number of ether oxygens (including phenoxy) is 2. The number of phosphoric acid groups is 1. The van der Waals surface area contributed by atoms with Crippen LogP contribution in [0.4, 0.5) is 0 Å². The van der Waals surface area contributed by atoms with Crippen molar-refractivity contribution in [2.75, 3.05) is 26.4 Å². The van der Waals surface area contributed by atoms with Crippen molar-refractivity contribution in [1.82, 2.24) is 0 Å². The Hall–Kier alpha value is -2.81. The largest absolute Gasteiger partial charge is 0.472 e. The molecule has 0 saturated heterocycles. The smallest absolute Gasteiger partial charge is 0.462 e. The molecule has 0 aliphatic heterocycles. The molecule has 0 aromatic rings. The zero-order chi connectivity index (χ0) is 41.8. The molecule has 0 aliphatic carbocycles. The maximum Gasteiger partial charge on any atom is 0.472 e. The molecule has 0 rings (SSSR count). The highest BCUT2D eigenvalue weighted by Crippen LogP contribution is 2.43. The predicted octanol–water partition coefficient (Wildman–Crippen LogP) is 12.8. The summed E-state index contributed by atoms with van der Waals surface area (Å²) in [7, 11) is -4.40. The third kappa shape index (κ3) is 42.6. The van der Waals surface area contributed by atoms with Gasteiger partial charge >= 0.3 is 19.8 Å². The normalized spacial score (nSPS) is 14.1. The van der Waals surface area contributed by atoms with Gasteiger partial charge in [-0.25, -0.2) is 4.57 Å². The highest BCUT2D eigenvalue weighted by Gasteiger charge is 2.26. The average Bonchev–Trinajstić information content (AvgIpc) is 3.20. The first kappa shape index (κ1) is 54.2. The molecule has 57 heavy (non-hydrogen) atoms. The summed E-state index contributed by atoms with van der Waals surface area (Å²) in [5.41, 5.74) is 5.34. The van der Waals surface area contributed by atoms with E-state index in [1.165, 1.54) is 51.4 Å². The molecule has 3 N–H and O–H groups in total. The number of unbranched alkanes of at least 4 members (excludes halogenated alkanes) is 13. The van der Waals surface area contributed by atoms with Crippen LogP contribution in [-0.2, 0) is 32.7 Å². The number of allylic oxidation sites excluding steroid dienone is 14. The Morgan fingerprint density at radius 2 is 0.912 bits per heavy atom. The Balaban J connectivity index is 4.28. The number of hydrogen-bond acceptors (Lipinski definition) is 8. The van der Waals surface area contributed by atoms with Crippen LogP contribution in [0, 0.1) is 0 Å². The first-order valence-electron chi connectivity index (χ1n) is 22.1. The molecule has 0 bridgehead atoms. The standard InChI is InChI=1S/C47H80NO8P/c1-3-5-7-9-11-13-15-17-19-21-22-24-25-27-29-31-33-35-37-39-46(49)53-43-45(44-55-57(51,52)54-42-41-48)56-47(50)40-38-36-34-32-30-28-26-23-20-18-16-14-12-10-8-6-4-2/h11-14,17-20,22,24,26-29,45H,3-10,15-16,21,23,25,30-44,48H2,1-2H3,(H,51,52)/b13-11+,14-12+,19-17+,20-18+,24-22+,28-26+,29-27+/t45-/m1/s1. The van der Waals surface area contributed by atoms with E-state index in [1.54, 1.807) is 0 Å². The summed E-state index contributed by atoms with van der Waals surface area (Å²) in [5.74, 6) is -0.898. The fraction of sp³-hybridized carbons (Fsp3) is 0.660. The lowest BCUT2D eigenvalue weighted by molar-refractivity contribution is -0.161. The Morgan fingerprint density at radius 1 is 0.526 bits per heavy atom. The van der Waals surface area contributed by atoms with Crippen molar-refractivity contribution < 1.29 is 37.6 Å². The summed E-state index contributed by atoms with van der Waals surface area (Å²) in [6.45, 7) is 3.59. The van der Waals surface area contributed by atoms with Crippen molar-refractivity contribution in [2.24, 2.45) is 5.73 Å². The number of rotatable bonds is 40. The van der Waals surface area contributed by atoms with Gasteiger partial charge in [0.25, 0.3) is 0 Å². The van der Waals surface area contributed by atoms with E-state index in [9.17, 15) is 19.0 Å². The zero-order valence-electron chi connectivity index (χ0n) is 35.8. The monoisotopic (exact) mass is 818 g/mol. The van der Waals surface area contributed by atoms with E-state index in [2.05, 4.69) is 98.9 Å². The number of phosphoric ester groups is 1. The summed E-state index contributed by atoms with van der Waals surface area (Å²) in [6.07, 6.45) is 53.2. The predicted molar refractivity (Wildman–Crippen MR) is 238 cm³/mol. The second-order valence-electron chi connectivity index (χ2n) is 14.2. The van der Waals surface area contributed by atoms with E-state index in [0.29, 0.717) is 12.8 Å². The van der Waals surface area contributed by atoms with Gasteiger partial charge in [-0.05, 0) is 96.3 Å². The van der Waals surface area contributed by atoms with Gasteiger partial charge in [0.15, 0.2) is 6.10 Å². The minimum Gasteiger partial charge on any atom is -0.462 e. The lowest BCUT2D eigenvalue weighted by atomic mass is 10.1. The fourth-order valence-electron chi connectivity index (χ4n) is 5.45. The molecule has 10 heteroatoms. The molecule has 0 heterocycles.